The van der Waals surface area contributed by atoms with Crippen LogP contribution >= 0.6 is 15.9 Å². The third kappa shape index (κ3) is 2.21. The van der Waals surface area contributed by atoms with Gasteiger partial charge in [0.2, 0.25) is 5.89 Å². The predicted octanol–water partition coefficient (Wildman–Crippen LogP) is 3.80. The minimum atomic E-state index is 0.828. The fourth-order valence-electron chi connectivity index (χ4n) is 3.39. The Morgan fingerprint density at radius 2 is 2.15 bits per heavy atom. The Morgan fingerprint density at radius 3 is 2.90 bits per heavy atom. The van der Waals surface area contributed by atoms with Crippen molar-refractivity contribution in [3.63, 3.8) is 0 Å². The SMILES string of the molecule is CC1[C@H]2CN(Cc3ncc(-c4cccc(Br)c4)o3)C[C@@H]12. The van der Waals surface area contributed by atoms with Gasteiger partial charge in [-0.05, 0) is 29.9 Å². The van der Waals surface area contributed by atoms with Gasteiger partial charge in [-0.25, -0.2) is 4.98 Å². The van der Waals surface area contributed by atoms with E-state index in [4.69, 9.17) is 4.42 Å². The highest BCUT2D eigenvalue weighted by Gasteiger charge is 2.52. The van der Waals surface area contributed by atoms with Crippen molar-refractivity contribution in [2.24, 2.45) is 17.8 Å². The van der Waals surface area contributed by atoms with Crippen LogP contribution in [0.3, 0.4) is 0 Å². The number of hydrogen-bond donors (Lipinski definition) is 0. The average Bonchev–Trinajstić information content (AvgIpc) is 2.89. The number of piperidine rings is 1. The molecule has 1 saturated carbocycles. The summed E-state index contributed by atoms with van der Waals surface area (Å²) in [5.41, 5.74) is 1.07. The molecule has 0 N–H and O–H groups in total. The van der Waals surface area contributed by atoms with E-state index in [1.807, 2.05) is 24.4 Å². The van der Waals surface area contributed by atoms with Crippen molar-refractivity contribution in [3.05, 3.63) is 40.8 Å². The second kappa shape index (κ2) is 4.71. The highest BCUT2D eigenvalue weighted by Crippen LogP contribution is 2.51. The molecule has 0 spiro atoms. The summed E-state index contributed by atoms with van der Waals surface area (Å²) in [6.07, 6.45) is 1.83. The molecule has 2 heterocycles. The first-order valence-corrected chi connectivity index (χ1v) is 7.93. The molecule has 1 aromatic carbocycles. The maximum Gasteiger partial charge on any atom is 0.209 e. The minimum Gasteiger partial charge on any atom is -0.439 e. The summed E-state index contributed by atoms with van der Waals surface area (Å²) in [4.78, 5) is 6.89. The van der Waals surface area contributed by atoms with Crippen molar-refractivity contribution < 1.29 is 4.42 Å². The van der Waals surface area contributed by atoms with E-state index < -0.39 is 0 Å². The van der Waals surface area contributed by atoms with Gasteiger partial charge in [0.05, 0.1) is 12.7 Å². The minimum absolute atomic E-state index is 0.828. The Labute approximate surface area is 127 Å². The summed E-state index contributed by atoms with van der Waals surface area (Å²) in [6.45, 7) is 5.62. The number of oxazole rings is 1. The van der Waals surface area contributed by atoms with E-state index in [9.17, 15) is 0 Å². The molecule has 2 fully saturated rings. The van der Waals surface area contributed by atoms with E-state index in [2.05, 4.69) is 38.8 Å². The van der Waals surface area contributed by atoms with Gasteiger partial charge in [-0.15, -0.1) is 0 Å². The van der Waals surface area contributed by atoms with Crippen LogP contribution in [-0.2, 0) is 6.54 Å². The van der Waals surface area contributed by atoms with Gasteiger partial charge in [-0.1, -0.05) is 35.0 Å². The molecule has 4 rings (SSSR count). The molecule has 0 bridgehead atoms. The number of fused-ring (bicyclic) bond motifs is 1. The van der Waals surface area contributed by atoms with Gasteiger partial charge in [0.25, 0.3) is 0 Å². The normalized spacial score (nSPS) is 28.6. The van der Waals surface area contributed by atoms with E-state index >= 15 is 0 Å². The Bertz CT molecular complexity index is 627. The number of halogens is 1. The highest BCUT2D eigenvalue weighted by atomic mass is 79.9. The van der Waals surface area contributed by atoms with E-state index in [-0.39, 0.29) is 0 Å². The topological polar surface area (TPSA) is 29.3 Å². The van der Waals surface area contributed by atoms with Crippen LogP contribution in [-0.4, -0.2) is 23.0 Å². The zero-order chi connectivity index (χ0) is 13.7. The smallest absolute Gasteiger partial charge is 0.209 e. The molecule has 2 aromatic rings. The van der Waals surface area contributed by atoms with E-state index in [1.165, 1.54) is 13.1 Å². The van der Waals surface area contributed by atoms with Crippen molar-refractivity contribution in [2.45, 2.75) is 13.5 Å². The van der Waals surface area contributed by atoms with Crippen molar-refractivity contribution in [2.75, 3.05) is 13.1 Å². The lowest BCUT2D eigenvalue weighted by Gasteiger charge is -2.15. The molecule has 0 radical (unpaired) electrons. The van der Waals surface area contributed by atoms with Crippen molar-refractivity contribution in [1.29, 1.82) is 0 Å². The average molecular weight is 333 g/mol. The van der Waals surface area contributed by atoms with Crippen LogP contribution in [0.2, 0.25) is 0 Å². The number of nitrogens with zero attached hydrogens (tertiary/aromatic N) is 2. The second-order valence-corrected chi connectivity index (χ2v) is 6.93. The summed E-state index contributed by atoms with van der Waals surface area (Å²) in [6, 6.07) is 8.12. The predicted molar refractivity (Wildman–Crippen MR) is 81.1 cm³/mol. The molecule has 3 nitrogen and oxygen atoms in total. The maximum atomic E-state index is 5.89. The van der Waals surface area contributed by atoms with Crippen LogP contribution < -0.4 is 0 Å². The van der Waals surface area contributed by atoms with Crippen LogP contribution in [0.1, 0.15) is 12.8 Å². The quantitative estimate of drug-likeness (QED) is 0.856. The Kier molecular flexibility index (Phi) is 2.97. The molecular formula is C16H17BrN2O. The van der Waals surface area contributed by atoms with Crippen molar-refractivity contribution in [3.8, 4) is 11.3 Å². The van der Waals surface area contributed by atoms with E-state index in [0.29, 0.717) is 0 Å². The van der Waals surface area contributed by atoms with Crippen LogP contribution in [0.25, 0.3) is 11.3 Å². The van der Waals surface area contributed by atoms with E-state index in [0.717, 1.165) is 46.0 Å². The summed E-state index contributed by atoms with van der Waals surface area (Å²) < 4.78 is 6.95. The fourth-order valence-corrected chi connectivity index (χ4v) is 3.79. The Balaban J connectivity index is 1.46. The standard InChI is InChI=1S/C16H17BrN2O/c1-10-13-7-19(8-14(10)13)9-16-18-6-15(20-16)11-3-2-4-12(17)5-11/h2-6,10,13-14H,7-9H2,1H3/t10?,13-,14+. The summed E-state index contributed by atoms with van der Waals surface area (Å²) in [7, 11) is 0. The fraction of sp³-hybridized carbons (Fsp3) is 0.438. The lowest BCUT2D eigenvalue weighted by molar-refractivity contribution is 0.254. The molecular weight excluding hydrogens is 316 g/mol. The van der Waals surface area contributed by atoms with Crippen LogP contribution in [0.15, 0.2) is 39.4 Å². The largest absolute Gasteiger partial charge is 0.439 e. The lowest BCUT2D eigenvalue weighted by Crippen LogP contribution is -2.23. The van der Waals surface area contributed by atoms with E-state index in [1.54, 1.807) is 0 Å². The van der Waals surface area contributed by atoms with Gasteiger partial charge < -0.3 is 4.42 Å². The summed E-state index contributed by atoms with van der Waals surface area (Å²) >= 11 is 3.48. The lowest BCUT2D eigenvalue weighted by atomic mass is 10.2. The van der Waals surface area contributed by atoms with Crippen molar-refractivity contribution in [1.82, 2.24) is 9.88 Å². The third-order valence-corrected chi connectivity index (χ3v) is 5.21. The summed E-state index contributed by atoms with van der Waals surface area (Å²) in [5, 5.41) is 0. The molecule has 2 aliphatic rings. The van der Waals surface area contributed by atoms with Crippen LogP contribution in [0.4, 0.5) is 0 Å². The number of rotatable bonds is 3. The van der Waals surface area contributed by atoms with Gasteiger partial charge >= 0.3 is 0 Å². The number of hydrogen-bond acceptors (Lipinski definition) is 3. The molecule has 3 atom stereocenters. The molecule has 104 valence electrons. The van der Waals surface area contributed by atoms with Crippen LogP contribution in [0.5, 0.6) is 0 Å². The zero-order valence-electron chi connectivity index (χ0n) is 11.4. The number of benzene rings is 1. The van der Waals surface area contributed by atoms with Gasteiger partial charge in [-0.3, -0.25) is 4.90 Å². The monoisotopic (exact) mass is 332 g/mol. The zero-order valence-corrected chi connectivity index (χ0v) is 13.0. The highest BCUT2D eigenvalue weighted by molar-refractivity contribution is 9.10. The first kappa shape index (κ1) is 12.6. The molecule has 1 saturated heterocycles. The Hall–Kier alpha value is -1.13. The van der Waals surface area contributed by atoms with Gasteiger partial charge in [0, 0.05) is 23.1 Å². The molecule has 4 heteroatoms. The first-order chi connectivity index (χ1) is 9.70. The third-order valence-electron chi connectivity index (χ3n) is 4.72. The Morgan fingerprint density at radius 1 is 1.35 bits per heavy atom. The molecule has 0 amide bonds. The maximum absolute atomic E-state index is 5.89. The molecule has 1 aliphatic carbocycles. The van der Waals surface area contributed by atoms with Gasteiger partial charge in [0.15, 0.2) is 5.76 Å². The molecule has 20 heavy (non-hydrogen) atoms. The van der Waals surface area contributed by atoms with Gasteiger partial charge in [0.1, 0.15) is 0 Å². The first-order valence-electron chi connectivity index (χ1n) is 7.14. The molecule has 1 unspecified atom stereocenters. The summed E-state index contributed by atoms with van der Waals surface area (Å²) in [5.74, 6) is 4.46. The van der Waals surface area contributed by atoms with Crippen molar-refractivity contribution >= 4 is 15.9 Å². The van der Waals surface area contributed by atoms with Crippen LogP contribution in [0, 0.1) is 17.8 Å². The number of aromatic nitrogens is 1. The van der Waals surface area contributed by atoms with Gasteiger partial charge in [-0.2, -0.15) is 0 Å². The molecule has 1 aliphatic heterocycles. The molecule has 1 aromatic heterocycles. The second-order valence-electron chi connectivity index (χ2n) is 6.01. The number of likely N-dealkylation sites (tertiary alicyclic amines) is 1.